The van der Waals surface area contributed by atoms with Crippen molar-refractivity contribution in [3.63, 3.8) is 0 Å². The first kappa shape index (κ1) is 14.7. The molecule has 22 heavy (non-hydrogen) atoms. The zero-order chi connectivity index (χ0) is 15.4. The summed E-state index contributed by atoms with van der Waals surface area (Å²) in [5.74, 6) is 1.46. The third-order valence-electron chi connectivity index (χ3n) is 4.08. The van der Waals surface area contributed by atoms with E-state index in [1.165, 1.54) is 5.56 Å². The Morgan fingerprint density at radius 3 is 2.86 bits per heavy atom. The number of likely N-dealkylation sites (N-methyl/N-ethyl adjacent to an activating group) is 1. The molecule has 1 unspecified atom stereocenters. The lowest BCUT2D eigenvalue weighted by atomic mass is 10.2. The quantitative estimate of drug-likeness (QED) is 0.836. The van der Waals surface area contributed by atoms with Gasteiger partial charge in [-0.2, -0.15) is 0 Å². The Morgan fingerprint density at radius 2 is 2.09 bits per heavy atom. The maximum absolute atomic E-state index is 5.18. The van der Waals surface area contributed by atoms with Gasteiger partial charge in [-0.15, -0.1) is 0 Å². The average molecular weight is 299 g/mol. The predicted octanol–water partition coefficient (Wildman–Crippen LogP) is 1.59. The number of anilines is 1. The SMILES string of the molecule is COc1cc(CN2CCC(N(C)c3ncccn3)C2)ccn1. The molecule has 0 amide bonds. The number of rotatable bonds is 5. The van der Waals surface area contributed by atoms with Gasteiger partial charge >= 0.3 is 0 Å². The zero-order valence-electron chi connectivity index (χ0n) is 13.0. The smallest absolute Gasteiger partial charge is 0.225 e. The molecule has 116 valence electrons. The second-order valence-electron chi connectivity index (χ2n) is 5.54. The van der Waals surface area contributed by atoms with Gasteiger partial charge in [0, 0.05) is 57.4 Å². The van der Waals surface area contributed by atoms with E-state index in [2.05, 4.69) is 31.8 Å². The maximum Gasteiger partial charge on any atom is 0.225 e. The molecule has 2 aromatic rings. The van der Waals surface area contributed by atoms with E-state index >= 15 is 0 Å². The molecule has 6 heteroatoms. The molecule has 0 saturated carbocycles. The van der Waals surface area contributed by atoms with Crippen LogP contribution in [0.25, 0.3) is 0 Å². The minimum absolute atomic E-state index is 0.450. The van der Waals surface area contributed by atoms with Gasteiger partial charge in [0.15, 0.2) is 0 Å². The molecule has 3 rings (SSSR count). The Labute approximate surface area is 130 Å². The van der Waals surface area contributed by atoms with Crippen molar-refractivity contribution < 1.29 is 4.74 Å². The second kappa shape index (κ2) is 6.70. The van der Waals surface area contributed by atoms with Gasteiger partial charge in [-0.25, -0.2) is 15.0 Å². The van der Waals surface area contributed by atoms with E-state index in [0.717, 1.165) is 32.0 Å². The summed E-state index contributed by atoms with van der Waals surface area (Å²) in [6.07, 6.45) is 6.49. The van der Waals surface area contributed by atoms with Crippen LogP contribution in [-0.4, -0.2) is 53.1 Å². The molecule has 0 spiro atoms. The number of ether oxygens (including phenoxy) is 1. The number of pyridine rings is 1. The highest BCUT2D eigenvalue weighted by molar-refractivity contribution is 5.29. The highest BCUT2D eigenvalue weighted by atomic mass is 16.5. The van der Waals surface area contributed by atoms with Crippen LogP contribution in [0.4, 0.5) is 5.95 Å². The van der Waals surface area contributed by atoms with Crippen molar-refractivity contribution in [1.29, 1.82) is 0 Å². The largest absolute Gasteiger partial charge is 0.481 e. The number of nitrogens with zero attached hydrogens (tertiary/aromatic N) is 5. The third-order valence-corrected chi connectivity index (χ3v) is 4.08. The minimum Gasteiger partial charge on any atom is -0.481 e. The normalized spacial score (nSPS) is 18.4. The molecule has 0 N–H and O–H groups in total. The highest BCUT2D eigenvalue weighted by Gasteiger charge is 2.26. The Bertz CT molecular complexity index is 606. The molecule has 1 atom stereocenters. The summed E-state index contributed by atoms with van der Waals surface area (Å²) in [7, 11) is 3.71. The number of methoxy groups -OCH3 is 1. The van der Waals surface area contributed by atoms with Crippen LogP contribution in [0.2, 0.25) is 0 Å². The van der Waals surface area contributed by atoms with Gasteiger partial charge in [0.25, 0.3) is 0 Å². The second-order valence-corrected chi connectivity index (χ2v) is 5.54. The van der Waals surface area contributed by atoms with Crippen molar-refractivity contribution in [2.24, 2.45) is 0 Å². The van der Waals surface area contributed by atoms with Crippen molar-refractivity contribution in [3.05, 3.63) is 42.4 Å². The van der Waals surface area contributed by atoms with Crippen molar-refractivity contribution in [2.45, 2.75) is 19.0 Å². The van der Waals surface area contributed by atoms with E-state index in [4.69, 9.17) is 4.74 Å². The standard InChI is InChI=1S/C16H21N5O/c1-20(16-18-6-3-7-19-16)14-5-9-21(12-14)11-13-4-8-17-15(10-13)22-2/h3-4,6-8,10,14H,5,9,11-12H2,1-2H3. The predicted molar refractivity (Wildman–Crippen MR) is 84.9 cm³/mol. The fourth-order valence-electron chi connectivity index (χ4n) is 2.83. The molecular weight excluding hydrogens is 278 g/mol. The third kappa shape index (κ3) is 3.33. The Hall–Kier alpha value is -2.21. The Kier molecular flexibility index (Phi) is 4.48. The molecule has 0 bridgehead atoms. The summed E-state index contributed by atoms with van der Waals surface area (Å²) in [4.78, 5) is 17.4. The van der Waals surface area contributed by atoms with Gasteiger partial charge < -0.3 is 9.64 Å². The van der Waals surface area contributed by atoms with E-state index in [-0.39, 0.29) is 0 Å². The first-order valence-corrected chi connectivity index (χ1v) is 7.47. The van der Waals surface area contributed by atoms with Crippen molar-refractivity contribution in [2.75, 3.05) is 32.1 Å². The summed E-state index contributed by atoms with van der Waals surface area (Å²) in [6.45, 7) is 3.00. The molecule has 1 aliphatic heterocycles. The molecule has 1 fully saturated rings. The lowest BCUT2D eigenvalue weighted by molar-refractivity contribution is 0.324. The van der Waals surface area contributed by atoms with E-state index in [1.54, 1.807) is 25.7 Å². The van der Waals surface area contributed by atoms with E-state index in [0.29, 0.717) is 11.9 Å². The average Bonchev–Trinajstić information content (AvgIpc) is 3.03. The number of hydrogen-bond acceptors (Lipinski definition) is 6. The van der Waals surface area contributed by atoms with E-state index < -0.39 is 0 Å². The minimum atomic E-state index is 0.450. The lowest BCUT2D eigenvalue weighted by Crippen LogP contribution is -2.35. The Morgan fingerprint density at radius 1 is 1.27 bits per heavy atom. The fraction of sp³-hybridized carbons (Fsp3) is 0.438. The van der Waals surface area contributed by atoms with Crippen molar-refractivity contribution >= 4 is 5.95 Å². The van der Waals surface area contributed by atoms with Crippen LogP contribution >= 0.6 is 0 Å². The molecule has 2 aromatic heterocycles. The van der Waals surface area contributed by atoms with E-state index in [9.17, 15) is 0 Å². The first-order chi connectivity index (χ1) is 10.8. The summed E-state index contributed by atoms with van der Waals surface area (Å²) >= 11 is 0. The van der Waals surface area contributed by atoms with Crippen LogP contribution in [0.5, 0.6) is 5.88 Å². The Balaban J connectivity index is 1.60. The molecule has 3 heterocycles. The van der Waals surface area contributed by atoms with Crippen LogP contribution in [-0.2, 0) is 6.54 Å². The molecule has 1 aliphatic rings. The van der Waals surface area contributed by atoms with Crippen molar-refractivity contribution in [1.82, 2.24) is 19.9 Å². The molecule has 0 aromatic carbocycles. The van der Waals surface area contributed by atoms with Crippen LogP contribution in [0, 0.1) is 0 Å². The van der Waals surface area contributed by atoms with Crippen LogP contribution in [0.3, 0.4) is 0 Å². The van der Waals surface area contributed by atoms with Gasteiger partial charge in [-0.3, -0.25) is 4.90 Å². The lowest BCUT2D eigenvalue weighted by Gasteiger charge is -2.24. The molecule has 6 nitrogen and oxygen atoms in total. The summed E-state index contributed by atoms with van der Waals surface area (Å²) in [5.41, 5.74) is 1.23. The summed E-state index contributed by atoms with van der Waals surface area (Å²) < 4.78 is 5.18. The maximum atomic E-state index is 5.18. The summed E-state index contributed by atoms with van der Waals surface area (Å²) in [5, 5.41) is 0. The number of likely N-dealkylation sites (tertiary alicyclic amines) is 1. The molecule has 0 aliphatic carbocycles. The monoisotopic (exact) mass is 299 g/mol. The zero-order valence-corrected chi connectivity index (χ0v) is 13.0. The number of hydrogen-bond donors (Lipinski definition) is 0. The fourth-order valence-corrected chi connectivity index (χ4v) is 2.83. The topological polar surface area (TPSA) is 54.4 Å². The molecule has 1 saturated heterocycles. The van der Waals surface area contributed by atoms with Gasteiger partial charge in [-0.1, -0.05) is 0 Å². The molecule has 0 radical (unpaired) electrons. The summed E-state index contributed by atoms with van der Waals surface area (Å²) in [6, 6.07) is 6.33. The van der Waals surface area contributed by atoms with E-state index in [1.807, 2.05) is 18.2 Å². The van der Waals surface area contributed by atoms with Gasteiger partial charge in [0.2, 0.25) is 11.8 Å². The number of aromatic nitrogens is 3. The highest BCUT2D eigenvalue weighted by Crippen LogP contribution is 2.20. The van der Waals surface area contributed by atoms with Crippen molar-refractivity contribution in [3.8, 4) is 5.88 Å². The van der Waals surface area contributed by atoms with Crippen LogP contribution in [0.15, 0.2) is 36.8 Å². The van der Waals surface area contributed by atoms with Crippen LogP contribution < -0.4 is 9.64 Å². The van der Waals surface area contributed by atoms with Crippen LogP contribution in [0.1, 0.15) is 12.0 Å². The molecular formula is C16H21N5O. The van der Waals surface area contributed by atoms with Gasteiger partial charge in [-0.05, 0) is 24.1 Å². The first-order valence-electron chi connectivity index (χ1n) is 7.47. The van der Waals surface area contributed by atoms with Gasteiger partial charge in [0.05, 0.1) is 7.11 Å². The van der Waals surface area contributed by atoms with Gasteiger partial charge in [0.1, 0.15) is 0 Å².